The average Bonchev–Trinajstić information content (AvgIpc) is 2.87. The van der Waals surface area contributed by atoms with Crippen LogP contribution in [0.5, 0.6) is 0 Å². The number of hydrogen-bond donors (Lipinski definition) is 2. The van der Waals surface area contributed by atoms with Crippen molar-refractivity contribution in [1.82, 2.24) is 4.58 Å². The van der Waals surface area contributed by atoms with E-state index in [-0.39, 0.29) is 12.1 Å². The molecule has 2 aliphatic rings. The van der Waals surface area contributed by atoms with Crippen LogP contribution in [0.4, 0.5) is 5.69 Å². The van der Waals surface area contributed by atoms with Gasteiger partial charge in [-0.05, 0) is 64.7 Å². The van der Waals surface area contributed by atoms with Gasteiger partial charge in [-0.3, -0.25) is 9.11 Å². The molecule has 0 atom stereocenters. The first-order chi connectivity index (χ1) is 18.6. The predicted molar refractivity (Wildman–Crippen MR) is 151 cm³/mol. The van der Waals surface area contributed by atoms with Crippen LogP contribution in [-0.4, -0.2) is 46.6 Å². The Hall–Kier alpha value is -3.56. The molecule has 0 amide bonds. The molecule has 3 aromatic carbocycles. The van der Waals surface area contributed by atoms with Crippen molar-refractivity contribution < 1.29 is 25.9 Å². The second-order valence-electron chi connectivity index (χ2n) is 11.0. The van der Waals surface area contributed by atoms with Gasteiger partial charge in [0.25, 0.3) is 20.2 Å². The van der Waals surface area contributed by atoms with E-state index in [1.54, 1.807) is 0 Å². The molecule has 0 radical (unpaired) electrons. The highest BCUT2D eigenvalue weighted by Gasteiger charge is 2.35. The molecule has 1 aliphatic carbocycles. The van der Waals surface area contributed by atoms with Crippen molar-refractivity contribution in [3.63, 3.8) is 0 Å². The zero-order chi connectivity index (χ0) is 29.2. The first-order valence-corrected chi connectivity index (χ1v) is 15.6. The van der Waals surface area contributed by atoms with Gasteiger partial charge in [0.1, 0.15) is 17.5 Å². The molecule has 3 aromatic rings. The molecule has 1 heterocycles. The number of rotatable bonds is 5. The van der Waals surface area contributed by atoms with Gasteiger partial charge in [0.05, 0.1) is 10.5 Å². The molecule has 0 unspecified atom stereocenters. The van der Waals surface area contributed by atoms with Crippen LogP contribution in [0, 0.1) is 11.3 Å². The van der Waals surface area contributed by atoms with Gasteiger partial charge in [-0.2, -0.15) is 22.1 Å². The molecule has 5 rings (SSSR count). The highest BCUT2D eigenvalue weighted by Crippen LogP contribution is 2.39. The Balaban J connectivity index is 1.76. The Bertz CT molecular complexity index is 1970. The minimum absolute atomic E-state index is 0.0866. The maximum atomic E-state index is 12.2. The normalized spacial score (nSPS) is 16.0. The smallest absolute Gasteiger partial charge is 0.295 e. The second-order valence-corrected chi connectivity index (χ2v) is 13.8. The van der Waals surface area contributed by atoms with Crippen molar-refractivity contribution >= 4 is 31.5 Å². The Morgan fingerprint density at radius 3 is 2.33 bits per heavy atom. The number of benzene rings is 3. The van der Waals surface area contributed by atoms with Gasteiger partial charge in [0, 0.05) is 48.8 Å². The van der Waals surface area contributed by atoms with Crippen molar-refractivity contribution in [2.75, 3.05) is 25.5 Å². The summed E-state index contributed by atoms with van der Waals surface area (Å²) in [4.78, 5) is 0.833. The zero-order valence-electron chi connectivity index (χ0n) is 22.6. The lowest BCUT2D eigenvalue weighted by atomic mass is 9.69. The highest BCUT2D eigenvalue weighted by molar-refractivity contribution is 7.86. The molecule has 0 spiro atoms. The minimum atomic E-state index is -4.78. The number of aryl methyl sites for hydroxylation is 1. The van der Waals surface area contributed by atoms with Crippen molar-refractivity contribution in [3.05, 3.63) is 86.9 Å². The van der Waals surface area contributed by atoms with Crippen molar-refractivity contribution in [1.29, 1.82) is 5.26 Å². The first-order valence-electron chi connectivity index (χ1n) is 12.7. The van der Waals surface area contributed by atoms with E-state index < -0.39 is 35.4 Å². The summed E-state index contributed by atoms with van der Waals surface area (Å²) in [7, 11) is -5.51. The van der Waals surface area contributed by atoms with Gasteiger partial charge in [-0.15, -0.1) is 0 Å². The Morgan fingerprint density at radius 1 is 0.975 bits per heavy atom. The Labute approximate surface area is 233 Å². The van der Waals surface area contributed by atoms with Crippen molar-refractivity contribution in [2.24, 2.45) is 0 Å². The topological polar surface area (TPSA) is 139 Å². The third kappa shape index (κ3) is 4.71. The molecule has 0 fully saturated rings. The molecule has 0 bridgehead atoms. The molecule has 0 saturated carbocycles. The molecular weight excluding hydrogens is 550 g/mol. The fourth-order valence-corrected chi connectivity index (χ4v) is 7.15. The molecule has 0 saturated heterocycles. The van der Waals surface area contributed by atoms with E-state index >= 15 is 0 Å². The molecule has 2 N–H and O–H groups in total. The highest BCUT2D eigenvalue weighted by atomic mass is 32.2. The van der Waals surface area contributed by atoms with E-state index in [0.29, 0.717) is 12.1 Å². The third-order valence-corrected chi connectivity index (χ3v) is 9.71. The number of hydrogen-bond acceptors (Lipinski definition) is 6. The van der Waals surface area contributed by atoms with Crippen molar-refractivity contribution in [3.8, 4) is 6.07 Å². The Kier molecular flexibility index (Phi) is 6.66. The standard InChI is InChI=1S/C29H29N3O6S2/c1-29(2)25-13-20(31(3)4)8-10-22(25)24(16-30)23-12-18-6-5-11-32(27(18)15-26(23)29)17-19-7-9-21(39(33,34)35)14-28(19)40(36,37)38/h7-10,12-15H,5-6,11,17H2,1-4H3,(H-,33,34,35,36,37,38)/p+1. The summed E-state index contributed by atoms with van der Waals surface area (Å²) in [5, 5.41) is 12.0. The molecule has 11 heteroatoms. The van der Waals surface area contributed by atoms with Crippen LogP contribution in [0.1, 0.15) is 48.1 Å². The van der Waals surface area contributed by atoms with Crippen molar-refractivity contribution in [2.45, 2.75) is 48.4 Å². The van der Waals surface area contributed by atoms with E-state index in [2.05, 4.69) is 38.1 Å². The lowest BCUT2D eigenvalue weighted by Gasteiger charge is -2.34. The van der Waals surface area contributed by atoms with E-state index in [1.807, 2.05) is 35.7 Å². The van der Waals surface area contributed by atoms with E-state index in [0.717, 1.165) is 63.5 Å². The minimum Gasteiger partial charge on any atom is -0.378 e. The summed E-state index contributed by atoms with van der Waals surface area (Å²) in [5.41, 5.74) is 5.35. The number of nitriles is 1. The summed E-state index contributed by atoms with van der Waals surface area (Å²) < 4.78 is 68.9. The SMILES string of the molecule is CN(C)c1ccc2c(c1)C(C)(C)c1cc3c(cc1=C2C#N)CCC[N+]=3Cc1ccc(S(=O)(=O)O)cc1S(=O)(=O)O. The quantitative estimate of drug-likeness (QED) is 0.346. The zero-order valence-corrected chi connectivity index (χ0v) is 24.3. The van der Waals surface area contributed by atoms with Gasteiger partial charge in [0.15, 0.2) is 6.54 Å². The van der Waals surface area contributed by atoms with E-state index in [1.165, 1.54) is 6.07 Å². The molecular formula is C29H30N3O6S2+. The fraction of sp³-hybridized carbons (Fsp3) is 0.310. The molecule has 0 aromatic heterocycles. The van der Waals surface area contributed by atoms with Crippen LogP contribution < -0.4 is 20.1 Å². The van der Waals surface area contributed by atoms with Crippen LogP contribution in [0.15, 0.2) is 58.3 Å². The summed E-state index contributed by atoms with van der Waals surface area (Å²) in [6.45, 7) is 4.95. The second kappa shape index (κ2) is 9.52. The fourth-order valence-electron chi connectivity index (χ4n) is 5.82. The largest absolute Gasteiger partial charge is 0.378 e. The average molecular weight is 581 g/mol. The number of nitrogens with zero attached hydrogens (tertiary/aromatic N) is 3. The Morgan fingerprint density at radius 2 is 1.70 bits per heavy atom. The molecule has 9 nitrogen and oxygen atoms in total. The summed E-state index contributed by atoms with van der Waals surface area (Å²) >= 11 is 0. The number of fused-ring (bicyclic) bond motifs is 3. The van der Waals surface area contributed by atoms with E-state index in [4.69, 9.17) is 0 Å². The van der Waals surface area contributed by atoms with Crippen LogP contribution in [0.25, 0.3) is 5.57 Å². The van der Waals surface area contributed by atoms with E-state index in [9.17, 15) is 31.2 Å². The summed E-state index contributed by atoms with van der Waals surface area (Å²) in [6.07, 6.45) is 1.56. The van der Waals surface area contributed by atoms with Crippen LogP contribution in [-0.2, 0) is 38.6 Å². The number of anilines is 1. The van der Waals surface area contributed by atoms with Crippen LogP contribution in [0.3, 0.4) is 0 Å². The first kappa shape index (κ1) is 28.0. The van der Waals surface area contributed by atoms with Gasteiger partial charge in [0.2, 0.25) is 5.36 Å². The van der Waals surface area contributed by atoms with Crippen LogP contribution >= 0.6 is 0 Å². The predicted octanol–water partition coefficient (Wildman–Crippen LogP) is 2.25. The summed E-state index contributed by atoms with van der Waals surface area (Å²) in [6, 6.07) is 15.9. The third-order valence-electron chi connectivity index (χ3n) is 7.93. The van der Waals surface area contributed by atoms with Gasteiger partial charge < -0.3 is 4.90 Å². The molecule has 208 valence electrons. The van der Waals surface area contributed by atoms with Gasteiger partial charge in [-0.1, -0.05) is 19.9 Å². The lowest BCUT2D eigenvalue weighted by molar-refractivity contribution is 0.475. The lowest BCUT2D eigenvalue weighted by Crippen LogP contribution is -2.42. The maximum Gasteiger partial charge on any atom is 0.295 e. The summed E-state index contributed by atoms with van der Waals surface area (Å²) in [5.74, 6) is 0. The van der Waals surface area contributed by atoms with Gasteiger partial charge >= 0.3 is 0 Å². The van der Waals surface area contributed by atoms with Crippen LogP contribution in [0.2, 0.25) is 0 Å². The molecule has 1 aliphatic heterocycles. The monoisotopic (exact) mass is 580 g/mol. The maximum absolute atomic E-state index is 12.2. The molecule has 40 heavy (non-hydrogen) atoms. The van der Waals surface area contributed by atoms with Gasteiger partial charge in [-0.25, -0.2) is 4.58 Å².